The molecule has 0 saturated heterocycles. The topological polar surface area (TPSA) is 43.6 Å². The van der Waals surface area contributed by atoms with E-state index in [0.29, 0.717) is 19.8 Å². The molecule has 1 aromatic heterocycles. The Morgan fingerprint density at radius 2 is 2.00 bits per heavy atom. The predicted octanol–water partition coefficient (Wildman–Crippen LogP) is 3.03. The Morgan fingerprint density at radius 1 is 1.26 bits per heavy atom. The van der Waals surface area contributed by atoms with Crippen molar-refractivity contribution in [1.82, 2.24) is 5.32 Å². The maximum Gasteiger partial charge on any atom is 0.118 e. The Labute approximate surface area is 116 Å². The average molecular weight is 269 g/mol. The highest BCUT2D eigenvalue weighted by Gasteiger charge is 2.10. The van der Waals surface area contributed by atoms with Gasteiger partial charge in [-0.2, -0.15) is 0 Å². The number of hydrogen-bond donors (Lipinski definition) is 1. The molecule has 0 aliphatic heterocycles. The van der Waals surface area contributed by atoms with E-state index in [1.807, 2.05) is 27.7 Å². The van der Waals surface area contributed by atoms with Gasteiger partial charge in [0.25, 0.3) is 0 Å². The highest BCUT2D eigenvalue weighted by Crippen LogP contribution is 2.15. The largest absolute Gasteiger partial charge is 0.465 e. The first-order chi connectivity index (χ1) is 8.92. The summed E-state index contributed by atoms with van der Waals surface area (Å²) in [6.07, 6.45) is 0. The van der Waals surface area contributed by atoms with Gasteiger partial charge in [-0.1, -0.05) is 6.92 Å². The van der Waals surface area contributed by atoms with E-state index >= 15 is 0 Å². The molecule has 1 rings (SSSR count). The fourth-order valence-electron chi connectivity index (χ4n) is 1.66. The molecule has 0 aromatic carbocycles. The van der Waals surface area contributed by atoms with E-state index in [0.717, 1.165) is 30.2 Å². The zero-order chi connectivity index (χ0) is 14.3. The summed E-state index contributed by atoms with van der Waals surface area (Å²) >= 11 is 0. The minimum Gasteiger partial charge on any atom is -0.465 e. The van der Waals surface area contributed by atoms with Crippen LogP contribution in [-0.2, 0) is 22.6 Å². The van der Waals surface area contributed by atoms with Gasteiger partial charge in [0.15, 0.2) is 0 Å². The van der Waals surface area contributed by atoms with Gasteiger partial charge in [0, 0.05) is 5.56 Å². The van der Waals surface area contributed by atoms with Crippen molar-refractivity contribution in [3.63, 3.8) is 0 Å². The molecule has 4 nitrogen and oxygen atoms in total. The number of hydrogen-bond acceptors (Lipinski definition) is 4. The van der Waals surface area contributed by atoms with Crippen LogP contribution >= 0.6 is 0 Å². The summed E-state index contributed by atoms with van der Waals surface area (Å²) in [5.41, 5.74) is 1.01. The molecular weight excluding hydrogens is 242 g/mol. The van der Waals surface area contributed by atoms with Crippen LogP contribution in [0.5, 0.6) is 0 Å². The average Bonchev–Trinajstić information content (AvgIpc) is 2.66. The van der Waals surface area contributed by atoms with Gasteiger partial charge in [-0.3, -0.25) is 0 Å². The third-order valence-electron chi connectivity index (χ3n) is 2.64. The van der Waals surface area contributed by atoms with Crippen LogP contribution in [0.3, 0.4) is 0 Å². The summed E-state index contributed by atoms with van der Waals surface area (Å²) in [7, 11) is 0. The molecule has 110 valence electrons. The molecule has 1 N–H and O–H groups in total. The van der Waals surface area contributed by atoms with Gasteiger partial charge in [0.1, 0.15) is 11.5 Å². The molecule has 1 aromatic rings. The van der Waals surface area contributed by atoms with Crippen molar-refractivity contribution in [3.05, 3.63) is 23.2 Å². The lowest BCUT2D eigenvalue weighted by Gasteiger charge is -2.19. The van der Waals surface area contributed by atoms with Crippen LogP contribution in [0.1, 0.15) is 44.8 Å². The maximum absolute atomic E-state index is 5.65. The minimum absolute atomic E-state index is 0.103. The van der Waals surface area contributed by atoms with Crippen LogP contribution in [0.2, 0.25) is 0 Å². The second-order valence-corrected chi connectivity index (χ2v) is 5.59. The second kappa shape index (κ2) is 7.68. The quantitative estimate of drug-likeness (QED) is 0.737. The van der Waals surface area contributed by atoms with Gasteiger partial charge in [0.05, 0.1) is 32.0 Å². The van der Waals surface area contributed by atoms with E-state index in [9.17, 15) is 0 Å². The molecule has 4 heteroatoms. The van der Waals surface area contributed by atoms with Gasteiger partial charge in [-0.15, -0.1) is 0 Å². The third-order valence-corrected chi connectivity index (χ3v) is 2.64. The van der Waals surface area contributed by atoms with Gasteiger partial charge >= 0.3 is 0 Å². The summed E-state index contributed by atoms with van der Waals surface area (Å²) in [4.78, 5) is 0. The standard InChI is InChI=1S/C15H27NO3/c1-6-16-10-14-9-13(12(2)19-14)11-17-7-8-18-15(3,4)5/h9,16H,6-8,10-11H2,1-5H3. The van der Waals surface area contributed by atoms with Gasteiger partial charge < -0.3 is 19.2 Å². The molecule has 0 atom stereocenters. The lowest BCUT2D eigenvalue weighted by molar-refractivity contribution is -0.0378. The molecule has 1 heterocycles. The van der Waals surface area contributed by atoms with Crippen molar-refractivity contribution in [2.45, 2.75) is 53.4 Å². The van der Waals surface area contributed by atoms with Gasteiger partial charge in [-0.05, 0) is 40.3 Å². The number of aryl methyl sites for hydroxylation is 1. The molecule has 0 fully saturated rings. The lowest BCUT2D eigenvalue weighted by Crippen LogP contribution is -2.21. The SMILES string of the molecule is CCNCc1cc(COCCOC(C)(C)C)c(C)o1. The Kier molecular flexibility index (Phi) is 6.55. The summed E-state index contributed by atoms with van der Waals surface area (Å²) in [6.45, 7) is 13.7. The van der Waals surface area contributed by atoms with E-state index in [1.165, 1.54) is 0 Å². The number of rotatable bonds is 8. The first kappa shape index (κ1) is 16.2. The Hall–Kier alpha value is -0.840. The molecule has 19 heavy (non-hydrogen) atoms. The fourth-order valence-corrected chi connectivity index (χ4v) is 1.66. The van der Waals surface area contributed by atoms with Crippen molar-refractivity contribution in [2.75, 3.05) is 19.8 Å². The van der Waals surface area contributed by atoms with Crippen LogP contribution in [0.4, 0.5) is 0 Å². The minimum atomic E-state index is -0.103. The monoisotopic (exact) mass is 269 g/mol. The molecule has 0 aliphatic carbocycles. The van der Waals surface area contributed by atoms with Crippen LogP contribution < -0.4 is 5.32 Å². The van der Waals surface area contributed by atoms with Crippen molar-refractivity contribution in [1.29, 1.82) is 0 Å². The Bertz CT molecular complexity index is 366. The highest BCUT2D eigenvalue weighted by molar-refractivity contribution is 5.19. The fraction of sp³-hybridized carbons (Fsp3) is 0.733. The van der Waals surface area contributed by atoms with Crippen LogP contribution in [0.25, 0.3) is 0 Å². The zero-order valence-electron chi connectivity index (χ0n) is 12.8. The summed E-state index contributed by atoms with van der Waals surface area (Å²) in [5.74, 6) is 1.90. The van der Waals surface area contributed by atoms with Crippen LogP contribution in [-0.4, -0.2) is 25.4 Å². The smallest absolute Gasteiger partial charge is 0.118 e. The molecule has 0 radical (unpaired) electrons. The third kappa shape index (κ3) is 6.76. The summed E-state index contributed by atoms with van der Waals surface area (Å²) in [6, 6.07) is 2.06. The van der Waals surface area contributed by atoms with Crippen LogP contribution in [0, 0.1) is 6.92 Å². The summed E-state index contributed by atoms with van der Waals surface area (Å²) in [5, 5.41) is 3.24. The Balaban J connectivity index is 2.27. The first-order valence-electron chi connectivity index (χ1n) is 6.93. The molecule has 0 aliphatic rings. The summed E-state index contributed by atoms with van der Waals surface area (Å²) < 4.78 is 16.9. The number of nitrogens with one attached hydrogen (secondary N) is 1. The molecule has 0 unspecified atom stereocenters. The maximum atomic E-state index is 5.65. The highest BCUT2D eigenvalue weighted by atomic mass is 16.5. The van der Waals surface area contributed by atoms with E-state index in [1.54, 1.807) is 0 Å². The van der Waals surface area contributed by atoms with Crippen molar-refractivity contribution in [3.8, 4) is 0 Å². The first-order valence-corrected chi connectivity index (χ1v) is 6.93. The van der Waals surface area contributed by atoms with Crippen molar-refractivity contribution < 1.29 is 13.9 Å². The van der Waals surface area contributed by atoms with E-state index in [-0.39, 0.29) is 5.60 Å². The second-order valence-electron chi connectivity index (χ2n) is 5.59. The van der Waals surface area contributed by atoms with Crippen molar-refractivity contribution >= 4 is 0 Å². The van der Waals surface area contributed by atoms with E-state index < -0.39 is 0 Å². The Morgan fingerprint density at radius 3 is 2.63 bits per heavy atom. The van der Waals surface area contributed by atoms with Crippen molar-refractivity contribution in [2.24, 2.45) is 0 Å². The van der Waals surface area contributed by atoms with Crippen LogP contribution in [0.15, 0.2) is 10.5 Å². The molecule has 0 saturated carbocycles. The van der Waals surface area contributed by atoms with Gasteiger partial charge in [-0.25, -0.2) is 0 Å². The number of ether oxygens (including phenoxy) is 2. The zero-order valence-corrected chi connectivity index (χ0v) is 12.8. The molecule has 0 bridgehead atoms. The molecule has 0 spiro atoms. The normalized spacial score (nSPS) is 12.1. The molecule has 0 amide bonds. The van der Waals surface area contributed by atoms with E-state index in [2.05, 4.69) is 18.3 Å². The number of furan rings is 1. The predicted molar refractivity (Wildman–Crippen MR) is 76.2 cm³/mol. The van der Waals surface area contributed by atoms with E-state index in [4.69, 9.17) is 13.9 Å². The van der Waals surface area contributed by atoms with Gasteiger partial charge in [0.2, 0.25) is 0 Å². The molecular formula is C15H27NO3. The lowest BCUT2D eigenvalue weighted by atomic mass is 10.2.